The fraction of sp³-hybridized carbons (Fsp3) is 0.312. The van der Waals surface area contributed by atoms with Gasteiger partial charge in [-0.25, -0.2) is 18.1 Å². The Morgan fingerprint density at radius 1 is 1.28 bits per heavy atom. The van der Waals surface area contributed by atoms with Gasteiger partial charge in [-0.1, -0.05) is 29.8 Å². The van der Waals surface area contributed by atoms with Crippen molar-refractivity contribution in [3.8, 4) is 0 Å². The summed E-state index contributed by atoms with van der Waals surface area (Å²) in [5, 5.41) is 5.18. The zero-order valence-electron chi connectivity index (χ0n) is 13.2. The molecule has 1 aromatic carbocycles. The number of aromatic nitrogens is 4. The molecule has 0 bridgehead atoms. The van der Waals surface area contributed by atoms with Gasteiger partial charge in [0.25, 0.3) is 5.56 Å². The molecule has 0 spiro atoms. The summed E-state index contributed by atoms with van der Waals surface area (Å²) < 4.78 is 26.4. The predicted molar refractivity (Wildman–Crippen MR) is 94.6 cm³/mol. The van der Waals surface area contributed by atoms with E-state index in [9.17, 15) is 13.2 Å². The van der Waals surface area contributed by atoms with Gasteiger partial charge in [-0.2, -0.15) is 5.10 Å². The molecular formula is C16H15ClN4O3S. The average Bonchev–Trinajstić information content (AvgIpc) is 3.15. The highest BCUT2D eigenvalue weighted by atomic mass is 35.5. The third-order valence-electron chi connectivity index (χ3n) is 4.43. The third kappa shape index (κ3) is 2.96. The standard InChI is InChI=1S/C16H15ClN4O3S/c17-14-4-2-1-3-11(14)8-20-10-18-15-13(16(20)22)7-19-21(15)12-5-6-25(23,24)9-12/h1-4,7,10,12H,5-6,8-9H2. The van der Waals surface area contributed by atoms with Gasteiger partial charge in [0.15, 0.2) is 15.5 Å². The maximum Gasteiger partial charge on any atom is 0.264 e. The molecule has 3 aromatic rings. The predicted octanol–water partition coefficient (Wildman–Crippen LogP) is 1.65. The minimum atomic E-state index is -3.04. The Bertz CT molecular complexity index is 1120. The number of halogens is 1. The van der Waals surface area contributed by atoms with Crippen LogP contribution in [0.4, 0.5) is 0 Å². The molecule has 0 radical (unpaired) electrons. The Kier molecular flexibility index (Phi) is 3.88. The van der Waals surface area contributed by atoms with E-state index in [0.29, 0.717) is 29.0 Å². The highest BCUT2D eigenvalue weighted by Crippen LogP contribution is 2.25. The van der Waals surface area contributed by atoms with E-state index in [2.05, 4.69) is 10.1 Å². The SMILES string of the molecule is O=c1c2cnn(C3CCS(=O)(=O)C3)c2ncn1Cc1ccccc1Cl. The highest BCUT2D eigenvalue weighted by Gasteiger charge is 2.31. The van der Waals surface area contributed by atoms with Crippen molar-refractivity contribution in [1.82, 2.24) is 19.3 Å². The minimum Gasteiger partial charge on any atom is -0.294 e. The molecule has 0 aliphatic carbocycles. The van der Waals surface area contributed by atoms with E-state index in [1.807, 2.05) is 18.2 Å². The lowest BCUT2D eigenvalue weighted by Crippen LogP contribution is -2.22. The van der Waals surface area contributed by atoms with Crippen LogP contribution in [0.1, 0.15) is 18.0 Å². The van der Waals surface area contributed by atoms with Crippen molar-refractivity contribution in [2.45, 2.75) is 19.0 Å². The Morgan fingerprint density at radius 2 is 2.08 bits per heavy atom. The second-order valence-corrected chi connectivity index (χ2v) is 8.79. The summed E-state index contributed by atoms with van der Waals surface area (Å²) in [6.07, 6.45) is 3.40. The second-order valence-electron chi connectivity index (χ2n) is 6.15. The van der Waals surface area contributed by atoms with Gasteiger partial charge < -0.3 is 0 Å². The molecule has 1 saturated heterocycles. The lowest BCUT2D eigenvalue weighted by atomic mass is 10.2. The van der Waals surface area contributed by atoms with Crippen LogP contribution < -0.4 is 5.56 Å². The number of hydrogen-bond acceptors (Lipinski definition) is 5. The first-order valence-corrected chi connectivity index (χ1v) is 10.0. The fourth-order valence-corrected chi connectivity index (χ4v) is 5.01. The van der Waals surface area contributed by atoms with Crippen LogP contribution in [0.3, 0.4) is 0 Å². The number of nitrogens with zero attached hydrogens (tertiary/aromatic N) is 4. The van der Waals surface area contributed by atoms with Gasteiger partial charge in [-0.15, -0.1) is 0 Å². The molecule has 1 aliphatic rings. The van der Waals surface area contributed by atoms with E-state index in [1.165, 1.54) is 17.1 Å². The summed E-state index contributed by atoms with van der Waals surface area (Å²) >= 11 is 6.15. The first-order valence-electron chi connectivity index (χ1n) is 7.81. The topological polar surface area (TPSA) is 86.8 Å². The zero-order chi connectivity index (χ0) is 17.6. The monoisotopic (exact) mass is 378 g/mol. The number of sulfone groups is 1. The molecule has 25 heavy (non-hydrogen) atoms. The Balaban J connectivity index is 1.73. The van der Waals surface area contributed by atoms with Crippen LogP contribution in [0.15, 0.2) is 41.6 Å². The molecule has 4 rings (SSSR count). The summed E-state index contributed by atoms with van der Waals surface area (Å²) in [6.45, 7) is 0.310. The molecule has 130 valence electrons. The van der Waals surface area contributed by atoms with Crippen LogP contribution in [-0.4, -0.2) is 39.3 Å². The molecule has 3 heterocycles. The summed E-state index contributed by atoms with van der Waals surface area (Å²) in [5.41, 5.74) is 1.02. The fourth-order valence-electron chi connectivity index (χ4n) is 3.13. The smallest absolute Gasteiger partial charge is 0.264 e. The van der Waals surface area contributed by atoms with Gasteiger partial charge in [0, 0.05) is 5.02 Å². The summed E-state index contributed by atoms with van der Waals surface area (Å²) in [6, 6.07) is 7.04. The number of benzene rings is 1. The molecule has 7 nitrogen and oxygen atoms in total. The summed E-state index contributed by atoms with van der Waals surface area (Å²) in [5.74, 6) is 0.177. The van der Waals surface area contributed by atoms with Crippen molar-refractivity contribution in [2.75, 3.05) is 11.5 Å². The number of rotatable bonds is 3. The van der Waals surface area contributed by atoms with Crippen LogP contribution in [0.5, 0.6) is 0 Å². The van der Waals surface area contributed by atoms with Gasteiger partial charge >= 0.3 is 0 Å². The molecule has 0 amide bonds. The van der Waals surface area contributed by atoms with Crippen LogP contribution in [0.25, 0.3) is 11.0 Å². The molecule has 1 fully saturated rings. The van der Waals surface area contributed by atoms with Crippen molar-refractivity contribution in [1.29, 1.82) is 0 Å². The van der Waals surface area contributed by atoms with E-state index in [0.717, 1.165) is 5.56 Å². The molecule has 1 aliphatic heterocycles. The van der Waals surface area contributed by atoms with E-state index in [-0.39, 0.29) is 23.1 Å². The minimum absolute atomic E-state index is 0.0359. The van der Waals surface area contributed by atoms with Crippen molar-refractivity contribution in [2.24, 2.45) is 0 Å². The Morgan fingerprint density at radius 3 is 2.80 bits per heavy atom. The summed E-state index contributed by atoms with van der Waals surface area (Å²) in [4.78, 5) is 17.1. The summed E-state index contributed by atoms with van der Waals surface area (Å²) in [7, 11) is -3.04. The molecule has 9 heteroatoms. The van der Waals surface area contributed by atoms with Gasteiger partial charge in [-0.3, -0.25) is 9.36 Å². The first-order chi connectivity index (χ1) is 11.9. The van der Waals surface area contributed by atoms with E-state index >= 15 is 0 Å². The number of hydrogen-bond donors (Lipinski definition) is 0. The maximum atomic E-state index is 12.7. The Hall–Kier alpha value is -2.19. The van der Waals surface area contributed by atoms with Gasteiger partial charge in [0.1, 0.15) is 11.7 Å². The molecule has 2 aromatic heterocycles. The van der Waals surface area contributed by atoms with Crippen molar-refractivity contribution in [3.63, 3.8) is 0 Å². The van der Waals surface area contributed by atoms with Gasteiger partial charge in [0.2, 0.25) is 0 Å². The first kappa shape index (κ1) is 16.3. The lowest BCUT2D eigenvalue weighted by molar-refractivity contribution is 0.511. The van der Waals surface area contributed by atoms with Gasteiger partial charge in [0.05, 0.1) is 30.3 Å². The van der Waals surface area contributed by atoms with Crippen molar-refractivity contribution < 1.29 is 8.42 Å². The molecular weight excluding hydrogens is 364 g/mol. The van der Waals surface area contributed by atoms with Gasteiger partial charge in [-0.05, 0) is 18.1 Å². The highest BCUT2D eigenvalue weighted by molar-refractivity contribution is 7.91. The molecule has 0 N–H and O–H groups in total. The lowest BCUT2D eigenvalue weighted by Gasteiger charge is -2.10. The van der Waals surface area contributed by atoms with Crippen LogP contribution >= 0.6 is 11.6 Å². The van der Waals surface area contributed by atoms with Crippen LogP contribution in [-0.2, 0) is 16.4 Å². The Labute approximate surface area is 148 Å². The molecule has 1 atom stereocenters. The quantitative estimate of drug-likeness (QED) is 0.691. The van der Waals surface area contributed by atoms with Crippen molar-refractivity contribution >= 4 is 32.5 Å². The zero-order valence-corrected chi connectivity index (χ0v) is 14.7. The largest absolute Gasteiger partial charge is 0.294 e. The third-order valence-corrected chi connectivity index (χ3v) is 6.55. The average molecular weight is 379 g/mol. The van der Waals surface area contributed by atoms with E-state index < -0.39 is 9.84 Å². The second kappa shape index (κ2) is 5.96. The molecule has 1 unspecified atom stereocenters. The number of fused-ring (bicyclic) bond motifs is 1. The van der Waals surface area contributed by atoms with E-state index in [1.54, 1.807) is 10.7 Å². The van der Waals surface area contributed by atoms with Crippen LogP contribution in [0.2, 0.25) is 5.02 Å². The molecule has 0 saturated carbocycles. The van der Waals surface area contributed by atoms with E-state index in [4.69, 9.17) is 11.6 Å². The normalized spacial score (nSPS) is 19.5. The van der Waals surface area contributed by atoms with Crippen molar-refractivity contribution in [3.05, 3.63) is 57.7 Å². The maximum absolute atomic E-state index is 12.7. The van der Waals surface area contributed by atoms with Crippen LogP contribution in [0, 0.1) is 0 Å².